The van der Waals surface area contributed by atoms with Gasteiger partial charge in [-0.15, -0.1) is 0 Å². The number of nitrogens with one attached hydrogen (secondary N) is 1. The van der Waals surface area contributed by atoms with Gasteiger partial charge in [-0.3, -0.25) is 9.59 Å². The first-order valence-electron chi connectivity index (χ1n) is 13.4. The van der Waals surface area contributed by atoms with Gasteiger partial charge in [-0.25, -0.2) is 0 Å². The van der Waals surface area contributed by atoms with E-state index in [0.717, 1.165) is 12.0 Å². The number of carbonyl (C=O) groups excluding carboxylic acids is 2. The second-order valence-corrected chi connectivity index (χ2v) is 16.3. The lowest BCUT2D eigenvalue weighted by Gasteiger charge is -2.45. The summed E-state index contributed by atoms with van der Waals surface area (Å²) in [5.74, 6) is -2.61. The number of benzene rings is 1. The van der Waals surface area contributed by atoms with Gasteiger partial charge in [0.05, 0.1) is 11.8 Å². The first kappa shape index (κ1) is 30.9. The molecule has 1 amide bonds. The summed E-state index contributed by atoms with van der Waals surface area (Å²) in [7, 11) is -2.64. The van der Waals surface area contributed by atoms with Crippen molar-refractivity contribution in [1.82, 2.24) is 5.32 Å². The smallest absolute Gasteiger partial charge is 0.267 e. The molecule has 1 fully saturated rings. The fourth-order valence-corrected chi connectivity index (χ4v) is 11.1. The predicted octanol–water partition coefficient (Wildman–Crippen LogP) is 5.54. The van der Waals surface area contributed by atoms with Crippen LogP contribution >= 0.6 is 0 Å². The van der Waals surface area contributed by atoms with Crippen molar-refractivity contribution in [3.05, 3.63) is 65.9 Å². The molecule has 3 N–H and O–H groups in total. The second kappa shape index (κ2) is 13.0. The number of ketones is 1. The zero-order chi connectivity index (χ0) is 28.0. The van der Waals surface area contributed by atoms with E-state index in [2.05, 4.69) is 46.9 Å². The van der Waals surface area contributed by atoms with Crippen molar-refractivity contribution >= 4 is 26.1 Å². The van der Waals surface area contributed by atoms with Gasteiger partial charge in [0, 0.05) is 5.92 Å². The van der Waals surface area contributed by atoms with Crippen molar-refractivity contribution in [2.75, 3.05) is 0 Å². The van der Waals surface area contributed by atoms with E-state index in [1.54, 1.807) is 18.2 Å². The molecule has 37 heavy (non-hydrogen) atoms. The van der Waals surface area contributed by atoms with Crippen LogP contribution in [0.3, 0.4) is 0 Å². The van der Waals surface area contributed by atoms with Gasteiger partial charge in [-0.1, -0.05) is 110 Å². The van der Waals surface area contributed by atoms with Gasteiger partial charge in [0.1, 0.15) is 6.10 Å². The molecule has 7 heteroatoms. The largest absolute Gasteiger partial charge is 0.404 e. The van der Waals surface area contributed by atoms with Crippen LogP contribution in [-0.2, 0) is 14.0 Å². The van der Waals surface area contributed by atoms with Crippen LogP contribution in [0.2, 0.25) is 16.6 Å². The van der Waals surface area contributed by atoms with E-state index >= 15 is 0 Å². The maximum absolute atomic E-state index is 13.8. The fourth-order valence-electron chi connectivity index (χ4n) is 5.54. The molecule has 6 nitrogen and oxygen atoms in total. The highest BCUT2D eigenvalue weighted by Gasteiger charge is 2.62. The van der Waals surface area contributed by atoms with Crippen LogP contribution in [0.4, 0.5) is 0 Å². The lowest BCUT2D eigenvalue weighted by atomic mass is 9.83. The first-order chi connectivity index (χ1) is 17.3. The molecule has 2 unspecified atom stereocenters. The number of aliphatic hydroxyl groups is 2. The van der Waals surface area contributed by atoms with E-state index in [0.29, 0.717) is 5.70 Å². The molecule has 4 atom stereocenters. The molecule has 0 aromatic heterocycles. The Morgan fingerprint density at radius 2 is 1.62 bits per heavy atom. The van der Waals surface area contributed by atoms with Gasteiger partial charge in [0.2, 0.25) is 13.9 Å². The Morgan fingerprint density at radius 3 is 2.14 bits per heavy atom. The SMILES string of the molecule is CC/C=C/C=C/C(O)C(C)C(=O)[C@]1(O)C(=O)N/C(=C\c2ccccc2)[C@@H]1O[Si](C(C)C)(C(C)C)C(C)C. The Hall–Kier alpha value is -2.32. The predicted molar refractivity (Wildman–Crippen MR) is 152 cm³/mol. The maximum atomic E-state index is 13.8. The number of carbonyl (C=O) groups is 2. The van der Waals surface area contributed by atoms with Crippen LogP contribution in [0.5, 0.6) is 0 Å². The number of allylic oxidation sites excluding steroid dienone is 3. The number of hydrogen-bond donors (Lipinski definition) is 3. The number of hydrogen-bond acceptors (Lipinski definition) is 5. The summed E-state index contributed by atoms with van der Waals surface area (Å²) in [5, 5.41) is 25.4. The zero-order valence-corrected chi connectivity index (χ0v) is 24.6. The molecule has 1 saturated heterocycles. The summed E-state index contributed by atoms with van der Waals surface area (Å²) in [4.78, 5) is 27.2. The van der Waals surface area contributed by atoms with Gasteiger partial charge in [-0.2, -0.15) is 0 Å². The van der Waals surface area contributed by atoms with Gasteiger partial charge in [-0.05, 0) is 34.7 Å². The number of Topliss-reactive ketones (excluding diaryl/α,β-unsaturated/α-hetero) is 1. The van der Waals surface area contributed by atoms with Crippen molar-refractivity contribution < 1.29 is 24.2 Å². The molecule has 2 rings (SSSR count). The van der Waals surface area contributed by atoms with Crippen LogP contribution in [-0.4, -0.2) is 48.0 Å². The van der Waals surface area contributed by atoms with Crippen molar-refractivity contribution in [3.63, 3.8) is 0 Å². The molecule has 1 aliphatic rings. The summed E-state index contributed by atoms with van der Waals surface area (Å²) < 4.78 is 6.92. The van der Waals surface area contributed by atoms with Gasteiger partial charge in [0.15, 0.2) is 5.78 Å². The van der Waals surface area contributed by atoms with Crippen molar-refractivity contribution in [2.45, 2.75) is 96.2 Å². The topological polar surface area (TPSA) is 95.9 Å². The normalized spacial score (nSPS) is 23.6. The van der Waals surface area contributed by atoms with Crippen LogP contribution < -0.4 is 5.32 Å². The molecular formula is C30H45NO5Si. The molecule has 0 radical (unpaired) electrons. The molecule has 0 aliphatic carbocycles. The molecule has 0 saturated carbocycles. The Balaban J connectivity index is 2.62. The first-order valence-corrected chi connectivity index (χ1v) is 15.5. The van der Waals surface area contributed by atoms with E-state index in [1.165, 1.54) is 13.0 Å². The number of aliphatic hydroxyl groups excluding tert-OH is 1. The number of rotatable bonds is 12. The fraction of sp³-hybridized carbons (Fsp3) is 0.533. The monoisotopic (exact) mass is 527 g/mol. The van der Waals surface area contributed by atoms with Gasteiger partial charge < -0.3 is 20.0 Å². The molecule has 0 spiro atoms. The third-order valence-corrected chi connectivity index (χ3v) is 13.6. The maximum Gasteiger partial charge on any atom is 0.267 e. The lowest BCUT2D eigenvalue weighted by Crippen LogP contribution is -2.61. The average molecular weight is 528 g/mol. The third-order valence-electron chi connectivity index (χ3n) is 7.51. The minimum Gasteiger partial charge on any atom is -0.404 e. The highest BCUT2D eigenvalue weighted by Crippen LogP contribution is 2.46. The zero-order valence-electron chi connectivity index (χ0n) is 23.6. The molecule has 1 aromatic rings. The van der Waals surface area contributed by atoms with Crippen LogP contribution in [0.25, 0.3) is 6.08 Å². The van der Waals surface area contributed by atoms with E-state index in [-0.39, 0.29) is 16.6 Å². The van der Waals surface area contributed by atoms with Gasteiger partial charge in [0.25, 0.3) is 5.91 Å². The second-order valence-electron chi connectivity index (χ2n) is 10.9. The Morgan fingerprint density at radius 1 is 1.05 bits per heavy atom. The van der Waals surface area contributed by atoms with E-state index in [9.17, 15) is 19.8 Å². The molecule has 1 aliphatic heterocycles. The summed E-state index contributed by atoms with van der Waals surface area (Å²) in [5.41, 5.74) is -0.808. The minimum absolute atomic E-state index is 0.164. The highest BCUT2D eigenvalue weighted by molar-refractivity contribution is 6.77. The minimum atomic E-state index is -2.64. The summed E-state index contributed by atoms with van der Waals surface area (Å²) in [6.07, 6.45) is 7.10. The summed E-state index contributed by atoms with van der Waals surface area (Å²) in [6, 6.07) is 9.42. The Bertz CT molecular complexity index is 992. The standard InChI is InChI=1S/C30H45NO5Si/c1-9-10-11-15-18-26(32)23(8)27(33)30(35)28(36-37(20(2)3,21(4)5)22(6)7)25(31-29(30)34)19-24-16-13-12-14-17-24/h10-23,26,28,32,35H,9H2,1-8H3,(H,31,34)/b11-10+,18-15+,25-19-/t23?,26?,28-,30+/m0/s1. The molecular weight excluding hydrogens is 482 g/mol. The average Bonchev–Trinajstić information content (AvgIpc) is 3.08. The van der Waals surface area contributed by atoms with Gasteiger partial charge >= 0.3 is 0 Å². The van der Waals surface area contributed by atoms with E-state index in [4.69, 9.17) is 4.43 Å². The number of amides is 1. The molecule has 1 heterocycles. The highest BCUT2D eigenvalue weighted by atomic mass is 28.4. The molecule has 204 valence electrons. The van der Waals surface area contributed by atoms with Crippen LogP contribution in [0, 0.1) is 5.92 Å². The Kier molecular flexibility index (Phi) is 10.8. The van der Waals surface area contributed by atoms with Crippen molar-refractivity contribution in [2.24, 2.45) is 5.92 Å². The summed E-state index contributed by atoms with van der Waals surface area (Å²) in [6.45, 7) is 16.2. The van der Waals surface area contributed by atoms with E-state index < -0.39 is 43.7 Å². The third kappa shape index (κ3) is 6.40. The van der Waals surface area contributed by atoms with Crippen molar-refractivity contribution in [3.8, 4) is 0 Å². The van der Waals surface area contributed by atoms with Crippen LogP contribution in [0.1, 0.15) is 67.4 Å². The lowest BCUT2D eigenvalue weighted by molar-refractivity contribution is -0.159. The molecule has 1 aromatic carbocycles. The van der Waals surface area contributed by atoms with E-state index in [1.807, 2.05) is 43.3 Å². The summed E-state index contributed by atoms with van der Waals surface area (Å²) >= 11 is 0. The molecule has 0 bridgehead atoms. The Labute approximate surface area is 223 Å². The van der Waals surface area contributed by atoms with Crippen molar-refractivity contribution in [1.29, 1.82) is 0 Å². The quantitative estimate of drug-likeness (QED) is 0.188. The van der Waals surface area contributed by atoms with Crippen LogP contribution in [0.15, 0.2) is 60.3 Å².